The molecular formula is C13H18O2. The van der Waals surface area contributed by atoms with Gasteiger partial charge in [-0.15, -0.1) is 0 Å². The summed E-state index contributed by atoms with van der Waals surface area (Å²) in [6, 6.07) is 6.06. The second-order valence-corrected chi connectivity index (χ2v) is 3.76. The Hall–Kier alpha value is -1.31. The molecule has 1 aromatic carbocycles. The van der Waals surface area contributed by atoms with Crippen molar-refractivity contribution in [2.24, 2.45) is 0 Å². The third-order valence-electron chi connectivity index (χ3n) is 2.36. The van der Waals surface area contributed by atoms with E-state index in [0.29, 0.717) is 19.4 Å². The van der Waals surface area contributed by atoms with Crippen molar-refractivity contribution >= 4 is 5.78 Å². The van der Waals surface area contributed by atoms with Crippen molar-refractivity contribution in [3.05, 3.63) is 29.3 Å². The summed E-state index contributed by atoms with van der Waals surface area (Å²) in [5, 5.41) is 0. The quantitative estimate of drug-likeness (QED) is 0.740. The van der Waals surface area contributed by atoms with Crippen LogP contribution in [-0.4, -0.2) is 12.4 Å². The smallest absolute Gasteiger partial charge is 0.136 e. The molecule has 0 saturated heterocycles. The van der Waals surface area contributed by atoms with Gasteiger partial charge in [0.25, 0.3) is 0 Å². The van der Waals surface area contributed by atoms with Gasteiger partial charge in [0.15, 0.2) is 0 Å². The summed E-state index contributed by atoms with van der Waals surface area (Å²) in [5.74, 6) is 1.13. The van der Waals surface area contributed by atoms with Crippen LogP contribution < -0.4 is 4.74 Å². The van der Waals surface area contributed by atoms with Crippen molar-refractivity contribution < 1.29 is 9.53 Å². The van der Waals surface area contributed by atoms with Crippen molar-refractivity contribution in [2.75, 3.05) is 6.61 Å². The van der Waals surface area contributed by atoms with Gasteiger partial charge in [0, 0.05) is 12.8 Å². The molecule has 0 aliphatic rings. The van der Waals surface area contributed by atoms with E-state index in [1.54, 1.807) is 0 Å². The van der Waals surface area contributed by atoms with Crippen molar-refractivity contribution in [1.29, 1.82) is 0 Å². The highest BCUT2D eigenvalue weighted by atomic mass is 16.5. The Morgan fingerprint density at radius 2 is 2.07 bits per heavy atom. The van der Waals surface area contributed by atoms with Gasteiger partial charge in [0.05, 0.1) is 6.61 Å². The molecule has 0 radical (unpaired) electrons. The maximum atomic E-state index is 11.1. The minimum atomic E-state index is 0.250. The Kier molecular flexibility index (Phi) is 4.35. The Labute approximate surface area is 91.3 Å². The summed E-state index contributed by atoms with van der Waals surface area (Å²) in [6.07, 6.45) is 1.10. The molecule has 2 heteroatoms. The van der Waals surface area contributed by atoms with E-state index in [-0.39, 0.29) is 5.78 Å². The van der Waals surface area contributed by atoms with Crippen LogP contribution in [0, 0.1) is 13.8 Å². The summed E-state index contributed by atoms with van der Waals surface area (Å²) in [7, 11) is 0. The largest absolute Gasteiger partial charge is 0.493 e. The number of benzene rings is 1. The fraction of sp³-hybridized carbons (Fsp3) is 0.462. The number of rotatable bonds is 5. The molecule has 15 heavy (non-hydrogen) atoms. The summed E-state index contributed by atoms with van der Waals surface area (Å²) in [5.41, 5.74) is 2.35. The molecule has 1 rings (SSSR count). The number of Topliss-reactive ketones (excluding diaryl/α,β-unsaturated/α-hetero) is 1. The van der Waals surface area contributed by atoms with E-state index in [2.05, 4.69) is 13.0 Å². The van der Waals surface area contributed by atoms with Crippen LogP contribution in [0.5, 0.6) is 5.75 Å². The van der Waals surface area contributed by atoms with Gasteiger partial charge < -0.3 is 4.74 Å². The molecular weight excluding hydrogens is 188 g/mol. The Bertz CT molecular complexity index is 342. The van der Waals surface area contributed by atoms with Gasteiger partial charge in [0.1, 0.15) is 11.5 Å². The highest BCUT2D eigenvalue weighted by Gasteiger charge is 2.01. The fourth-order valence-corrected chi connectivity index (χ4v) is 1.41. The lowest BCUT2D eigenvalue weighted by Gasteiger charge is -2.08. The molecule has 0 saturated carbocycles. The lowest BCUT2D eigenvalue weighted by atomic mass is 10.1. The van der Waals surface area contributed by atoms with E-state index in [9.17, 15) is 4.79 Å². The van der Waals surface area contributed by atoms with Crippen molar-refractivity contribution in [3.8, 4) is 5.75 Å². The number of hydrogen-bond donors (Lipinski definition) is 0. The van der Waals surface area contributed by atoms with E-state index in [1.807, 2.05) is 26.0 Å². The molecule has 0 bridgehead atoms. The summed E-state index contributed by atoms with van der Waals surface area (Å²) in [6.45, 7) is 6.43. The fourth-order valence-electron chi connectivity index (χ4n) is 1.41. The molecule has 82 valence electrons. The van der Waals surface area contributed by atoms with Crippen LogP contribution in [0.25, 0.3) is 0 Å². The molecule has 0 unspecified atom stereocenters. The molecule has 0 N–H and O–H groups in total. The highest BCUT2D eigenvalue weighted by molar-refractivity contribution is 5.78. The third-order valence-corrected chi connectivity index (χ3v) is 2.36. The zero-order chi connectivity index (χ0) is 11.3. The molecule has 0 fully saturated rings. The standard InChI is InChI=1S/C13H18O2/c1-4-12(14)7-8-15-13-6-5-10(2)9-11(13)3/h5-6,9H,4,7-8H2,1-3H3. The molecule has 1 aromatic rings. The second kappa shape index (κ2) is 5.54. The third kappa shape index (κ3) is 3.74. The molecule has 0 aromatic heterocycles. The summed E-state index contributed by atoms with van der Waals surface area (Å²) in [4.78, 5) is 11.1. The van der Waals surface area contributed by atoms with Crippen molar-refractivity contribution in [3.63, 3.8) is 0 Å². The first-order valence-electron chi connectivity index (χ1n) is 5.35. The molecule has 0 spiro atoms. The monoisotopic (exact) mass is 206 g/mol. The van der Waals surface area contributed by atoms with Crippen LogP contribution >= 0.6 is 0 Å². The van der Waals surface area contributed by atoms with Gasteiger partial charge in [-0.3, -0.25) is 4.79 Å². The number of aryl methyl sites for hydroxylation is 2. The predicted octanol–water partition coefficient (Wildman–Crippen LogP) is 3.05. The van der Waals surface area contributed by atoms with Gasteiger partial charge in [-0.05, 0) is 25.5 Å². The summed E-state index contributed by atoms with van der Waals surface area (Å²) >= 11 is 0. The Morgan fingerprint density at radius 1 is 1.33 bits per heavy atom. The van der Waals surface area contributed by atoms with Crippen LogP contribution in [0.3, 0.4) is 0 Å². The predicted molar refractivity (Wildman–Crippen MR) is 61.3 cm³/mol. The van der Waals surface area contributed by atoms with Crippen LogP contribution in [0.4, 0.5) is 0 Å². The Morgan fingerprint density at radius 3 is 2.67 bits per heavy atom. The SMILES string of the molecule is CCC(=O)CCOc1ccc(C)cc1C. The van der Waals surface area contributed by atoms with Crippen LogP contribution in [0.2, 0.25) is 0 Å². The van der Waals surface area contributed by atoms with E-state index in [0.717, 1.165) is 11.3 Å². The normalized spacial score (nSPS) is 10.1. The van der Waals surface area contributed by atoms with Crippen molar-refractivity contribution in [2.45, 2.75) is 33.6 Å². The van der Waals surface area contributed by atoms with Gasteiger partial charge in [0.2, 0.25) is 0 Å². The van der Waals surface area contributed by atoms with E-state index < -0.39 is 0 Å². The topological polar surface area (TPSA) is 26.3 Å². The number of carbonyl (C=O) groups is 1. The first-order chi connectivity index (χ1) is 7.13. The molecule has 0 heterocycles. The van der Waals surface area contributed by atoms with E-state index in [4.69, 9.17) is 4.74 Å². The zero-order valence-electron chi connectivity index (χ0n) is 9.67. The van der Waals surface area contributed by atoms with E-state index in [1.165, 1.54) is 5.56 Å². The van der Waals surface area contributed by atoms with Crippen LogP contribution in [0.15, 0.2) is 18.2 Å². The van der Waals surface area contributed by atoms with E-state index >= 15 is 0 Å². The maximum absolute atomic E-state index is 11.1. The molecule has 0 aliphatic carbocycles. The number of ketones is 1. The first kappa shape index (κ1) is 11.8. The highest BCUT2D eigenvalue weighted by Crippen LogP contribution is 2.18. The average molecular weight is 206 g/mol. The zero-order valence-corrected chi connectivity index (χ0v) is 9.67. The number of ether oxygens (including phenoxy) is 1. The summed E-state index contributed by atoms with van der Waals surface area (Å²) < 4.78 is 5.54. The van der Waals surface area contributed by atoms with Gasteiger partial charge in [-0.1, -0.05) is 24.6 Å². The molecule has 0 atom stereocenters. The lowest BCUT2D eigenvalue weighted by molar-refractivity contribution is -0.119. The molecule has 0 aliphatic heterocycles. The maximum Gasteiger partial charge on any atom is 0.136 e. The average Bonchev–Trinajstić information content (AvgIpc) is 2.21. The van der Waals surface area contributed by atoms with Gasteiger partial charge in [-0.25, -0.2) is 0 Å². The minimum absolute atomic E-state index is 0.250. The number of hydrogen-bond acceptors (Lipinski definition) is 2. The molecule has 0 amide bonds. The van der Waals surface area contributed by atoms with Crippen LogP contribution in [-0.2, 0) is 4.79 Å². The minimum Gasteiger partial charge on any atom is -0.493 e. The van der Waals surface area contributed by atoms with Gasteiger partial charge in [-0.2, -0.15) is 0 Å². The molecule has 2 nitrogen and oxygen atoms in total. The van der Waals surface area contributed by atoms with Gasteiger partial charge >= 0.3 is 0 Å². The second-order valence-electron chi connectivity index (χ2n) is 3.76. The first-order valence-corrected chi connectivity index (χ1v) is 5.35. The number of carbonyl (C=O) groups excluding carboxylic acids is 1. The lowest BCUT2D eigenvalue weighted by Crippen LogP contribution is -2.05. The Balaban J connectivity index is 2.47. The van der Waals surface area contributed by atoms with Crippen molar-refractivity contribution in [1.82, 2.24) is 0 Å². The van der Waals surface area contributed by atoms with Crippen LogP contribution in [0.1, 0.15) is 30.9 Å².